The SMILES string of the molecule is COCCN1[CH-]OCC1=O. The Morgan fingerprint density at radius 3 is 3.20 bits per heavy atom. The summed E-state index contributed by atoms with van der Waals surface area (Å²) >= 11 is 0. The molecule has 0 bridgehead atoms. The van der Waals surface area contributed by atoms with E-state index < -0.39 is 0 Å². The number of hydrogen-bond donors (Lipinski definition) is 0. The first-order chi connectivity index (χ1) is 4.84. The lowest BCUT2D eigenvalue weighted by molar-refractivity contribution is -0.126. The van der Waals surface area contributed by atoms with Crippen LogP contribution in [0.4, 0.5) is 0 Å². The topological polar surface area (TPSA) is 38.8 Å². The molecule has 1 aliphatic rings. The zero-order valence-corrected chi connectivity index (χ0v) is 5.87. The van der Waals surface area contributed by atoms with Crippen molar-refractivity contribution in [2.75, 3.05) is 26.9 Å². The maximum Gasteiger partial charge on any atom is 0.218 e. The second-order valence-electron chi connectivity index (χ2n) is 2.00. The largest absolute Gasteiger partial charge is 0.525 e. The van der Waals surface area contributed by atoms with Crippen LogP contribution in [0.15, 0.2) is 0 Å². The smallest absolute Gasteiger partial charge is 0.218 e. The first-order valence-corrected chi connectivity index (χ1v) is 3.08. The Kier molecular flexibility index (Phi) is 2.65. The van der Waals surface area contributed by atoms with Crippen molar-refractivity contribution in [2.45, 2.75) is 0 Å². The molecule has 1 rings (SSSR count). The van der Waals surface area contributed by atoms with Crippen LogP contribution >= 0.6 is 0 Å². The molecule has 1 fully saturated rings. The minimum Gasteiger partial charge on any atom is -0.525 e. The number of methoxy groups -OCH3 is 1. The summed E-state index contributed by atoms with van der Waals surface area (Å²) in [7, 11) is 1.60. The van der Waals surface area contributed by atoms with Gasteiger partial charge in [-0.3, -0.25) is 4.79 Å². The molecule has 1 heterocycles. The van der Waals surface area contributed by atoms with E-state index in [0.29, 0.717) is 13.2 Å². The second kappa shape index (κ2) is 3.53. The number of amides is 1. The van der Waals surface area contributed by atoms with Crippen molar-refractivity contribution >= 4 is 5.91 Å². The van der Waals surface area contributed by atoms with Gasteiger partial charge < -0.3 is 14.4 Å². The Balaban J connectivity index is 2.20. The Hall–Kier alpha value is -0.610. The van der Waals surface area contributed by atoms with Crippen LogP contribution in [0.2, 0.25) is 0 Å². The Bertz CT molecular complexity index is 126. The number of nitrogens with zero attached hydrogens (tertiary/aromatic N) is 1. The summed E-state index contributed by atoms with van der Waals surface area (Å²) in [5.41, 5.74) is 0. The summed E-state index contributed by atoms with van der Waals surface area (Å²) < 4.78 is 9.54. The maximum atomic E-state index is 10.8. The van der Waals surface area contributed by atoms with Gasteiger partial charge in [-0.25, -0.2) is 0 Å². The van der Waals surface area contributed by atoms with Gasteiger partial charge in [0.05, 0.1) is 13.2 Å². The van der Waals surface area contributed by atoms with E-state index in [9.17, 15) is 4.79 Å². The predicted octanol–water partition coefficient (Wildman–Crippen LogP) is -0.389. The Labute approximate surface area is 59.7 Å². The van der Waals surface area contributed by atoms with E-state index in [1.165, 1.54) is 11.6 Å². The monoisotopic (exact) mass is 144 g/mol. The van der Waals surface area contributed by atoms with E-state index in [2.05, 4.69) is 0 Å². The molecule has 0 aromatic carbocycles. The molecular weight excluding hydrogens is 134 g/mol. The first-order valence-electron chi connectivity index (χ1n) is 3.08. The van der Waals surface area contributed by atoms with Crippen LogP contribution in [-0.4, -0.2) is 37.7 Å². The van der Waals surface area contributed by atoms with Crippen LogP contribution in [0.3, 0.4) is 0 Å². The van der Waals surface area contributed by atoms with Crippen molar-refractivity contribution in [2.24, 2.45) is 0 Å². The Morgan fingerprint density at radius 1 is 1.90 bits per heavy atom. The van der Waals surface area contributed by atoms with Gasteiger partial charge in [-0.15, -0.1) is 6.73 Å². The molecule has 0 radical (unpaired) electrons. The maximum absolute atomic E-state index is 10.8. The van der Waals surface area contributed by atoms with Crippen molar-refractivity contribution in [3.63, 3.8) is 0 Å². The van der Waals surface area contributed by atoms with Crippen molar-refractivity contribution in [3.05, 3.63) is 6.73 Å². The molecule has 0 aromatic heterocycles. The molecule has 4 heteroatoms. The van der Waals surface area contributed by atoms with E-state index in [4.69, 9.17) is 9.47 Å². The third-order valence-corrected chi connectivity index (χ3v) is 1.27. The predicted molar refractivity (Wildman–Crippen MR) is 33.8 cm³/mol. The molecule has 58 valence electrons. The fourth-order valence-electron chi connectivity index (χ4n) is 0.707. The molecule has 10 heavy (non-hydrogen) atoms. The van der Waals surface area contributed by atoms with Gasteiger partial charge in [0, 0.05) is 13.7 Å². The van der Waals surface area contributed by atoms with Crippen LogP contribution in [0.1, 0.15) is 0 Å². The quantitative estimate of drug-likeness (QED) is 0.506. The molecule has 0 spiro atoms. The minimum absolute atomic E-state index is 0.00273. The average molecular weight is 144 g/mol. The standard InChI is InChI=1S/C6H10NO3/c1-9-3-2-7-5-10-4-6(7)8/h5H,2-4H2,1H3/q-1. The number of carbonyl (C=O) groups excluding carboxylic acids is 1. The van der Waals surface area contributed by atoms with Crippen molar-refractivity contribution in [1.29, 1.82) is 0 Å². The van der Waals surface area contributed by atoms with Gasteiger partial charge in [0.15, 0.2) is 0 Å². The van der Waals surface area contributed by atoms with Gasteiger partial charge in [-0.1, -0.05) is 0 Å². The van der Waals surface area contributed by atoms with E-state index in [1.807, 2.05) is 0 Å². The van der Waals surface area contributed by atoms with E-state index in [1.54, 1.807) is 7.11 Å². The van der Waals surface area contributed by atoms with Gasteiger partial charge >= 0.3 is 0 Å². The van der Waals surface area contributed by atoms with E-state index >= 15 is 0 Å². The third-order valence-electron chi connectivity index (χ3n) is 1.27. The molecule has 1 amide bonds. The van der Waals surface area contributed by atoms with Crippen molar-refractivity contribution < 1.29 is 14.3 Å². The molecular formula is C6H10NO3-. The van der Waals surface area contributed by atoms with E-state index in [-0.39, 0.29) is 12.5 Å². The van der Waals surface area contributed by atoms with Crippen LogP contribution in [0.25, 0.3) is 0 Å². The summed E-state index contributed by atoms with van der Waals surface area (Å²) in [5, 5.41) is 0. The normalized spacial score (nSPS) is 18.5. The molecule has 0 atom stereocenters. The molecule has 0 aliphatic carbocycles. The van der Waals surface area contributed by atoms with Crippen LogP contribution in [0, 0.1) is 6.73 Å². The zero-order chi connectivity index (χ0) is 7.40. The summed E-state index contributed by atoms with van der Waals surface area (Å²) in [6.07, 6.45) is 0. The lowest BCUT2D eigenvalue weighted by Crippen LogP contribution is -2.26. The summed E-state index contributed by atoms with van der Waals surface area (Å²) in [4.78, 5) is 12.3. The van der Waals surface area contributed by atoms with Crippen LogP contribution < -0.4 is 0 Å². The second-order valence-corrected chi connectivity index (χ2v) is 2.00. The van der Waals surface area contributed by atoms with Crippen LogP contribution in [0.5, 0.6) is 0 Å². The highest BCUT2D eigenvalue weighted by Gasteiger charge is 2.10. The molecule has 1 saturated heterocycles. The highest BCUT2D eigenvalue weighted by molar-refractivity contribution is 5.79. The van der Waals surface area contributed by atoms with E-state index in [0.717, 1.165) is 0 Å². The lowest BCUT2D eigenvalue weighted by atomic mass is 10.5. The fraction of sp³-hybridized carbons (Fsp3) is 0.667. The highest BCUT2D eigenvalue weighted by Crippen LogP contribution is 2.04. The molecule has 0 aromatic rings. The summed E-state index contributed by atoms with van der Waals surface area (Å²) in [5.74, 6) is -0.00273. The summed E-state index contributed by atoms with van der Waals surface area (Å²) in [6, 6.07) is 0. The molecule has 0 unspecified atom stereocenters. The average Bonchev–Trinajstić information content (AvgIpc) is 2.31. The molecule has 4 nitrogen and oxygen atoms in total. The molecule has 0 N–H and O–H groups in total. The molecule has 0 saturated carbocycles. The first kappa shape index (κ1) is 7.50. The number of carbonyl (C=O) groups is 1. The highest BCUT2D eigenvalue weighted by atomic mass is 16.5. The molecule has 1 aliphatic heterocycles. The number of hydrogen-bond acceptors (Lipinski definition) is 3. The van der Waals surface area contributed by atoms with Gasteiger partial charge in [-0.2, -0.15) is 0 Å². The van der Waals surface area contributed by atoms with Crippen molar-refractivity contribution in [1.82, 2.24) is 4.90 Å². The third kappa shape index (κ3) is 1.68. The van der Waals surface area contributed by atoms with Gasteiger partial charge in [0.25, 0.3) is 0 Å². The van der Waals surface area contributed by atoms with Crippen molar-refractivity contribution in [3.8, 4) is 0 Å². The van der Waals surface area contributed by atoms with Gasteiger partial charge in [-0.05, 0) is 0 Å². The van der Waals surface area contributed by atoms with Gasteiger partial charge in [0.2, 0.25) is 5.91 Å². The zero-order valence-electron chi connectivity index (χ0n) is 5.87. The summed E-state index contributed by atoms with van der Waals surface area (Å²) in [6.45, 7) is 2.73. The van der Waals surface area contributed by atoms with Gasteiger partial charge in [0.1, 0.15) is 0 Å². The minimum atomic E-state index is -0.00273. The number of rotatable bonds is 3. The number of ether oxygens (including phenoxy) is 2. The fourth-order valence-corrected chi connectivity index (χ4v) is 0.707. The lowest BCUT2D eigenvalue weighted by Gasteiger charge is -2.22. The Morgan fingerprint density at radius 2 is 2.70 bits per heavy atom. The van der Waals surface area contributed by atoms with Crippen LogP contribution in [-0.2, 0) is 14.3 Å².